The van der Waals surface area contributed by atoms with Gasteiger partial charge in [0.1, 0.15) is 11.5 Å². The second-order valence-corrected chi connectivity index (χ2v) is 6.48. The molecule has 1 heterocycles. The maximum absolute atomic E-state index is 12.2. The lowest BCUT2D eigenvalue weighted by molar-refractivity contribution is 0.0470. The van der Waals surface area contributed by atoms with Gasteiger partial charge in [0.15, 0.2) is 23.2 Å². The third kappa shape index (κ3) is 4.86. The predicted octanol–water partition coefficient (Wildman–Crippen LogP) is 3.94. The Labute approximate surface area is 165 Å². The second kappa shape index (κ2) is 9.01. The van der Waals surface area contributed by atoms with Gasteiger partial charge in [-0.25, -0.2) is 9.78 Å². The number of Topliss-reactive ketones (excluding diaryl/α,β-unsaturated/α-hetero) is 1. The zero-order valence-electron chi connectivity index (χ0n) is 15.3. The number of carbonyl (C=O) groups excluding carboxylic acids is 2. The van der Waals surface area contributed by atoms with Gasteiger partial charge in [-0.1, -0.05) is 12.1 Å². The van der Waals surface area contributed by atoms with Gasteiger partial charge >= 0.3 is 5.97 Å². The third-order valence-corrected chi connectivity index (χ3v) is 4.54. The fourth-order valence-electron chi connectivity index (χ4n) is 2.31. The SMILES string of the molecule is COc1ccc(Nc2nc(C(=O)OCC(=O)c3cccc(OC)c3)cs2)cc1. The van der Waals surface area contributed by atoms with Crippen LogP contribution in [0.2, 0.25) is 0 Å². The number of ketones is 1. The molecule has 7 nitrogen and oxygen atoms in total. The van der Waals surface area contributed by atoms with Gasteiger partial charge in [0.25, 0.3) is 0 Å². The van der Waals surface area contributed by atoms with E-state index in [4.69, 9.17) is 14.2 Å². The Balaban J connectivity index is 1.56. The van der Waals surface area contributed by atoms with Gasteiger partial charge in [0, 0.05) is 16.6 Å². The van der Waals surface area contributed by atoms with Crippen molar-refractivity contribution in [1.29, 1.82) is 0 Å². The molecule has 0 saturated heterocycles. The van der Waals surface area contributed by atoms with Crippen LogP contribution < -0.4 is 14.8 Å². The number of anilines is 2. The highest BCUT2D eigenvalue weighted by Gasteiger charge is 2.15. The van der Waals surface area contributed by atoms with Crippen LogP contribution in [-0.2, 0) is 4.74 Å². The van der Waals surface area contributed by atoms with E-state index in [1.807, 2.05) is 24.3 Å². The molecule has 3 rings (SSSR count). The smallest absolute Gasteiger partial charge is 0.358 e. The standard InChI is InChI=1S/C20H18N2O5S/c1-25-15-8-6-14(7-9-15)21-20-22-17(12-28-20)19(24)27-11-18(23)13-4-3-5-16(10-13)26-2/h3-10,12H,11H2,1-2H3,(H,21,22). The van der Waals surface area contributed by atoms with Crippen LogP contribution in [0.1, 0.15) is 20.8 Å². The topological polar surface area (TPSA) is 86.8 Å². The maximum atomic E-state index is 12.2. The summed E-state index contributed by atoms with van der Waals surface area (Å²) < 4.78 is 15.3. The number of hydrogen-bond acceptors (Lipinski definition) is 8. The molecule has 3 aromatic rings. The Kier molecular flexibility index (Phi) is 6.23. The number of benzene rings is 2. The zero-order valence-corrected chi connectivity index (χ0v) is 16.1. The highest BCUT2D eigenvalue weighted by atomic mass is 32.1. The Morgan fingerprint density at radius 2 is 1.79 bits per heavy atom. The van der Waals surface area contributed by atoms with E-state index in [1.54, 1.807) is 36.8 Å². The van der Waals surface area contributed by atoms with Crippen LogP contribution in [0.15, 0.2) is 53.9 Å². The summed E-state index contributed by atoms with van der Waals surface area (Å²) in [6, 6.07) is 14.0. The fourth-order valence-corrected chi connectivity index (χ4v) is 3.01. The van der Waals surface area contributed by atoms with Crippen LogP contribution in [0, 0.1) is 0 Å². The molecular formula is C20H18N2O5S. The molecule has 144 valence electrons. The van der Waals surface area contributed by atoms with E-state index in [1.165, 1.54) is 18.4 Å². The molecule has 0 aliphatic carbocycles. The summed E-state index contributed by atoms with van der Waals surface area (Å²) in [5.74, 6) is 0.329. The molecular weight excluding hydrogens is 380 g/mol. The van der Waals surface area contributed by atoms with Gasteiger partial charge in [-0.15, -0.1) is 11.3 Å². The van der Waals surface area contributed by atoms with Crippen molar-refractivity contribution >= 4 is 33.9 Å². The molecule has 0 unspecified atom stereocenters. The number of carbonyl (C=O) groups is 2. The van der Waals surface area contributed by atoms with E-state index in [2.05, 4.69) is 10.3 Å². The lowest BCUT2D eigenvalue weighted by Gasteiger charge is -2.05. The highest BCUT2D eigenvalue weighted by molar-refractivity contribution is 7.14. The molecule has 0 atom stereocenters. The first-order valence-corrected chi connectivity index (χ1v) is 9.18. The summed E-state index contributed by atoms with van der Waals surface area (Å²) in [6.07, 6.45) is 0. The number of aromatic nitrogens is 1. The van der Waals surface area contributed by atoms with Crippen molar-refractivity contribution < 1.29 is 23.8 Å². The van der Waals surface area contributed by atoms with Crippen molar-refractivity contribution in [2.75, 3.05) is 26.1 Å². The molecule has 1 aromatic heterocycles. The van der Waals surface area contributed by atoms with Crippen molar-refractivity contribution in [1.82, 2.24) is 4.98 Å². The molecule has 2 aromatic carbocycles. The maximum Gasteiger partial charge on any atom is 0.358 e. The highest BCUT2D eigenvalue weighted by Crippen LogP contribution is 2.23. The number of thiazole rings is 1. The van der Waals surface area contributed by atoms with E-state index >= 15 is 0 Å². The van der Waals surface area contributed by atoms with Gasteiger partial charge in [0.2, 0.25) is 0 Å². The zero-order chi connectivity index (χ0) is 19.9. The molecule has 28 heavy (non-hydrogen) atoms. The lowest BCUT2D eigenvalue weighted by Crippen LogP contribution is -2.14. The summed E-state index contributed by atoms with van der Waals surface area (Å²) in [5, 5.41) is 5.21. The largest absolute Gasteiger partial charge is 0.497 e. The number of nitrogens with one attached hydrogen (secondary N) is 1. The van der Waals surface area contributed by atoms with E-state index in [0.717, 1.165) is 11.4 Å². The monoisotopic (exact) mass is 398 g/mol. The number of hydrogen-bond donors (Lipinski definition) is 1. The van der Waals surface area contributed by atoms with Crippen LogP contribution in [0.3, 0.4) is 0 Å². The van der Waals surface area contributed by atoms with Gasteiger partial charge in [-0.05, 0) is 36.4 Å². The minimum Gasteiger partial charge on any atom is -0.497 e. The van der Waals surface area contributed by atoms with E-state index in [0.29, 0.717) is 16.4 Å². The summed E-state index contributed by atoms with van der Waals surface area (Å²) in [5.41, 5.74) is 1.36. The van der Waals surface area contributed by atoms with Crippen LogP contribution in [0.5, 0.6) is 11.5 Å². The van der Waals surface area contributed by atoms with Gasteiger partial charge in [-0.3, -0.25) is 4.79 Å². The number of nitrogens with zero attached hydrogens (tertiary/aromatic N) is 1. The third-order valence-electron chi connectivity index (χ3n) is 3.78. The Hall–Kier alpha value is -3.39. The molecule has 0 aliphatic rings. The molecule has 0 amide bonds. The molecule has 0 spiro atoms. The molecule has 0 bridgehead atoms. The van der Waals surface area contributed by atoms with Crippen LogP contribution in [0.4, 0.5) is 10.8 Å². The quantitative estimate of drug-likeness (QED) is 0.454. The molecule has 0 radical (unpaired) electrons. The number of rotatable bonds is 8. The van der Waals surface area contributed by atoms with Gasteiger partial charge in [-0.2, -0.15) is 0 Å². The number of ether oxygens (including phenoxy) is 3. The Morgan fingerprint density at radius 3 is 2.50 bits per heavy atom. The normalized spacial score (nSPS) is 10.2. The average molecular weight is 398 g/mol. The van der Waals surface area contributed by atoms with Gasteiger partial charge < -0.3 is 19.5 Å². The van der Waals surface area contributed by atoms with Crippen LogP contribution in [-0.4, -0.2) is 37.6 Å². The average Bonchev–Trinajstić information content (AvgIpc) is 3.21. The van der Waals surface area contributed by atoms with Crippen LogP contribution >= 0.6 is 11.3 Å². The number of methoxy groups -OCH3 is 2. The van der Waals surface area contributed by atoms with Crippen molar-refractivity contribution in [2.45, 2.75) is 0 Å². The van der Waals surface area contributed by atoms with E-state index < -0.39 is 5.97 Å². The number of esters is 1. The molecule has 8 heteroatoms. The fraction of sp³-hybridized carbons (Fsp3) is 0.150. The first-order chi connectivity index (χ1) is 13.6. The molecule has 0 saturated carbocycles. The van der Waals surface area contributed by atoms with Crippen molar-refractivity contribution in [3.8, 4) is 11.5 Å². The van der Waals surface area contributed by atoms with Crippen molar-refractivity contribution in [2.24, 2.45) is 0 Å². The molecule has 0 aliphatic heterocycles. The minimum atomic E-state index is -0.657. The minimum absolute atomic E-state index is 0.138. The lowest BCUT2D eigenvalue weighted by atomic mass is 10.1. The summed E-state index contributed by atoms with van der Waals surface area (Å²) in [4.78, 5) is 28.5. The van der Waals surface area contributed by atoms with Gasteiger partial charge in [0.05, 0.1) is 14.2 Å². The summed E-state index contributed by atoms with van der Waals surface area (Å²) in [7, 11) is 3.11. The summed E-state index contributed by atoms with van der Waals surface area (Å²) in [6.45, 7) is -0.370. The predicted molar refractivity (Wildman–Crippen MR) is 106 cm³/mol. The summed E-state index contributed by atoms with van der Waals surface area (Å²) >= 11 is 1.26. The van der Waals surface area contributed by atoms with Crippen LogP contribution in [0.25, 0.3) is 0 Å². The van der Waals surface area contributed by atoms with Crippen molar-refractivity contribution in [3.05, 3.63) is 65.2 Å². The second-order valence-electron chi connectivity index (χ2n) is 5.62. The molecule has 0 fully saturated rings. The van der Waals surface area contributed by atoms with Crippen molar-refractivity contribution in [3.63, 3.8) is 0 Å². The Morgan fingerprint density at radius 1 is 1.04 bits per heavy atom. The first kappa shape index (κ1) is 19.4. The van der Waals surface area contributed by atoms with E-state index in [9.17, 15) is 9.59 Å². The molecule has 1 N–H and O–H groups in total. The van der Waals surface area contributed by atoms with E-state index in [-0.39, 0.29) is 18.1 Å². The first-order valence-electron chi connectivity index (χ1n) is 8.30. The Bertz CT molecular complexity index is 969.